The number of halogens is 4. The van der Waals surface area contributed by atoms with Crippen molar-refractivity contribution in [1.82, 2.24) is 5.32 Å². The van der Waals surface area contributed by atoms with Crippen LogP contribution in [-0.4, -0.2) is 49.4 Å². The molecule has 0 unspecified atom stereocenters. The number of hydrogen-bond acceptors (Lipinski definition) is 7. The van der Waals surface area contributed by atoms with Gasteiger partial charge in [-0.15, -0.1) is 0 Å². The summed E-state index contributed by atoms with van der Waals surface area (Å²) in [7, 11) is -4.04. The van der Waals surface area contributed by atoms with E-state index in [0.717, 1.165) is 6.07 Å². The molecule has 14 heteroatoms. The first-order valence-corrected chi connectivity index (χ1v) is 14.6. The largest absolute Gasteiger partial charge is 0.461 e. The molecule has 1 saturated carbocycles. The number of alkyl carbamates (subject to hydrolysis) is 1. The van der Waals surface area contributed by atoms with E-state index in [1.807, 2.05) is 0 Å². The van der Waals surface area contributed by atoms with Crippen LogP contribution in [0.5, 0.6) is 0 Å². The summed E-state index contributed by atoms with van der Waals surface area (Å²) in [6.07, 6.45) is -0.616. The average Bonchev–Trinajstić information content (AvgIpc) is 2.86. The topological polar surface area (TPSA) is 128 Å². The van der Waals surface area contributed by atoms with Crippen LogP contribution in [0.15, 0.2) is 35.2 Å². The zero-order valence-electron chi connectivity index (χ0n) is 22.7. The van der Waals surface area contributed by atoms with Crippen LogP contribution in [0, 0.1) is 17.5 Å². The van der Waals surface area contributed by atoms with Crippen molar-refractivity contribution in [3.8, 4) is 0 Å². The maximum Gasteiger partial charge on any atom is 0.408 e. The Morgan fingerprint density at radius 3 is 2.15 bits per heavy atom. The molecule has 224 valence electrons. The van der Waals surface area contributed by atoms with Crippen LogP contribution in [0.4, 0.5) is 23.7 Å². The van der Waals surface area contributed by atoms with Crippen molar-refractivity contribution < 1.29 is 45.4 Å². The molecule has 9 nitrogen and oxygen atoms in total. The Bertz CT molecular complexity index is 1420. The lowest BCUT2D eigenvalue weighted by molar-refractivity contribution is -0.152. The lowest BCUT2D eigenvalue weighted by Gasteiger charge is -2.29. The fourth-order valence-electron chi connectivity index (χ4n) is 4.14. The second kappa shape index (κ2) is 12.7. The van der Waals surface area contributed by atoms with Gasteiger partial charge in [-0.05, 0) is 71.6 Å². The number of esters is 1. The van der Waals surface area contributed by atoms with Gasteiger partial charge >= 0.3 is 12.1 Å². The number of carbonyl (C=O) groups excluding carboxylic acids is 3. The number of amides is 2. The number of sulfone groups is 1. The molecule has 0 bridgehead atoms. The van der Waals surface area contributed by atoms with Crippen molar-refractivity contribution in [2.45, 2.75) is 81.3 Å². The third kappa shape index (κ3) is 8.35. The molecule has 1 fully saturated rings. The standard InChI is InChI=1S/C27H30ClF3N2O7S/c1-14(32-26(36)40-27(2,3)4)25(35)39-17-6-8-18(9-7-17)41(37,38)22-11-15(5-10-19(22)28)24(34)33-16-12-20(29)23(31)21(30)13-16/h5,10-14,17-18H,6-9H2,1-4H3,(H,32,36)(H,33,34)/t14-,17?,18?/m0/s1. The molecule has 0 aliphatic heterocycles. The second-order valence-electron chi connectivity index (χ2n) is 10.6. The highest BCUT2D eigenvalue weighted by molar-refractivity contribution is 7.92. The van der Waals surface area contributed by atoms with Crippen molar-refractivity contribution in [2.24, 2.45) is 0 Å². The monoisotopic (exact) mass is 618 g/mol. The van der Waals surface area contributed by atoms with Gasteiger partial charge in [0.05, 0.1) is 15.2 Å². The van der Waals surface area contributed by atoms with Crippen LogP contribution in [0.2, 0.25) is 5.02 Å². The minimum absolute atomic E-state index is 0.129. The fourth-order valence-corrected chi connectivity index (χ4v) is 6.47. The number of carbonyl (C=O) groups is 3. The van der Waals surface area contributed by atoms with Gasteiger partial charge in [0, 0.05) is 23.4 Å². The molecular weight excluding hydrogens is 589 g/mol. The van der Waals surface area contributed by atoms with E-state index in [2.05, 4.69) is 10.6 Å². The van der Waals surface area contributed by atoms with E-state index in [1.54, 1.807) is 20.8 Å². The van der Waals surface area contributed by atoms with Gasteiger partial charge in [0.15, 0.2) is 27.3 Å². The molecule has 2 aromatic carbocycles. The minimum atomic E-state index is -4.04. The first-order chi connectivity index (χ1) is 19.0. The van der Waals surface area contributed by atoms with E-state index in [1.165, 1.54) is 19.1 Å². The molecule has 3 rings (SSSR count). The SMILES string of the molecule is C[C@H](NC(=O)OC(C)(C)C)C(=O)OC1CCC(S(=O)(=O)c2cc(C(=O)Nc3cc(F)c(F)c(F)c3)ccc2Cl)CC1. The summed E-state index contributed by atoms with van der Waals surface area (Å²) in [4.78, 5) is 36.7. The average molecular weight is 619 g/mol. The Morgan fingerprint density at radius 2 is 1.59 bits per heavy atom. The van der Waals surface area contributed by atoms with Crippen LogP contribution in [-0.2, 0) is 24.1 Å². The molecule has 2 amide bonds. The molecule has 1 atom stereocenters. The molecule has 41 heavy (non-hydrogen) atoms. The van der Waals surface area contributed by atoms with E-state index in [4.69, 9.17) is 21.1 Å². The fraction of sp³-hybridized carbons (Fsp3) is 0.444. The molecule has 0 aromatic heterocycles. The normalized spacial score (nSPS) is 18.2. The number of hydrogen-bond donors (Lipinski definition) is 2. The summed E-state index contributed by atoms with van der Waals surface area (Å²) in [5, 5.41) is 3.57. The maximum absolute atomic E-state index is 13.5. The first-order valence-electron chi connectivity index (χ1n) is 12.7. The summed E-state index contributed by atoms with van der Waals surface area (Å²) in [5.74, 6) is -6.29. The Hall–Kier alpha value is -3.32. The van der Waals surface area contributed by atoms with Gasteiger partial charge < -0.3 is 20.1 Å². The van der Waals surface area contributed by atoms with Gasteiger partial charge in [0.25, 0.3) is 5.91 Å². The summed E-state index contributed by atoms with van der Waals surface area (Å²) >= 11 is 6.17. The van der Waals surface area contributed by atoms with Crippen LogP contribution in [0.3, 0.4) is 0 Å². The van der Waals surface area contributed by atoms with Crippen molar-refractivity contribution >= 4 is 45.1 Å². The number of rotatable bonds is 7. The molecule has 2 aromatic rings. The van der Waals surface area contributed by atoms with E-state index < -0.39 is 68.3 Å². The van der Waals surface area contributed by atoms with Gasteiger partial charge in [0.2, 0.25) is 0 Å². The zero-order chi connectivity index (χ0) is 30.7. The summed E-state index contributed by atoms with van der Waals surface area (Å²) in [6, 6.07) is 3.69. The van der Waals surface area contributed by atoms with Crippen molar-refractivity contribution in [3.63, 3.8) is 0 Å². The highest BCUT2D eigenvalue weighted by Crippen LogP contribution is 2.34. The van der Waals surface area contributed by atoms with E-state index in [0.29, 0.717) is 12.1 Å². The minimum Gasteiger partial charge on any atom is -0.461 e. The Labute approximate surface area is 240 Å². The van der Waals surface area contributed by atoms with Crippen molar-refractivity contribution in [2.75, 3.05) is 5.32 Å². The molecule has 1 aliphatic carbocycles. The predicted molar refractivity (Wildman–Crippen MR) is 144 cm³/mol. The van der Waals surface area contributed by atoms with Gasteiger partial charge in [-0.1, -0.05) is 11.6 Å². The smallest absolute Gasteiger partial charge is 0.408 e. The van der Waals surface area contributed by atoms with Crippen LogP contribution in [0.1, 0.15) is 63.7 Å². The molecule has 1 aliphatic rings. The maximum atomic E-state index is 13.5. The first kappa shape index (κ1) is 32.2. The van der Waals surface area contributed by atoms with E-state index in [-0.39, 0.29) is 46.9 Å². The number of nitrogens with one attached hydrogen (secondary N) is 2. The number of ether oxygens (including phenoxy) is 2. The van der Waals surface area contributed by atoms with Gasteiger partial charge in [-0.25, -0.2) is 31.2 Å². The van der Waals surface area contributed by atoms with Gasteiger partial charge in [0.1, 0.15) is 17.7 Å². The van der Waals surface area contributed by atoms with Crippen molar-refractivity contribution in [3.05, 3.63) is 58.4 Å². The van der Waals surface area contributed by atoms with Crippen molar-refractivity contribution in [1.29, 1.82) is 0 Å². The van der Waals surface area contributed by atoms with Crippen LogP contribution < -0.4 is 10.6 Å². The quantitative estimate of drug-likeness (QED) is 0.308. The molecule has 0 spiro atoms. The lowest BCUT2D eigenvalue weighted by Crippen LogP contribution is -2.44. The highest BCUT2D eigenvalue weighted by Gasteiger charge is 2.35. The third-order valence-corrected chi connectivity index (χ3v) is 8.91. The Morgan fingerprint density at radius 1 is 1.00 bits per heavy atom. The number of benzene rings is 2. The molecule has 0 heterocycles. The van der Waals surface area contributed by atoms with E-state index >= 15 is 0 Å². The second-order valence-corrected chi connectivity index (χ2v) is 13.2. The summed E-state index contributed by atoms with van der Waals surface area (Å²) in [5.41, 5.74) is -1.27. The highest BCUT2D eigenvalue weighted by atomic mass is 35.5. The number of anilines is 1. The van der Waals surface area contributed by atoms with Gasteiger partial charge in [-0.3, -0.25) is 4.79 Å². The molecule has 0 saturated heterocycles. The van der Waals surface area contributed by atoms with Crippen LogP contribution in [0.25, 0.3) is 0 Å². The summed E-state index contributed by atoms with van der Waals surface area (Å²) in [6.45, 7) is 6.48. The molecule has 2 N–H and O–H groups in total. The Kier molecular flexibility index (Phi) is 9.96. The molecular formula is C27H30ClF3N2O7S. The molecule has 0 radical (unpaired) electrons. The summed E-state index contributed by atoms with van der Waals surface area (Å²) < 4.78 is 77.6. The lowest BCUT2D eigenvalue weighted by atomic mass is 9.97. The van der Waals surface area contributed by atoms with Crippen LogP contribution >= 0.6 is 11.6 Å². The predicted octanol–water partition coefficient (Wildman–Crippen LogP) is 5.55. The zero-order valence-corrected chi connectivity index (χ0v) is 24.3. The Balaban J connectivity index is 1.63. The third-order valence-electron chi connectivity index (χ3n) is 6.17. The van der Waals surface area contributed by atoms with Gasteiger partial charge in [-0.2, -0.15) is 0 Å². The van der Waals surface area contributed by atoms with E-state index in [9.17, 15) is 36.0 Å².